The number of benzene rings is 1. The zero-order chi connectivity index (χ0) is 13.2. The van der Waals surface area contributed by atoms with E-state index in [4.69, 9.17) is 9.84 Å². The third-order valence-corrected chi connectivity index (χ3v) is 2.92. The number of hydrogen-bond acceptors (Lipinski definition) is 3. The quantitative estimate of drug-likeness (QED) is 0.827. The Morgan fingerprint density at radius 1 is 1.44 bits per heavy atom. The van der Waals surface area contributed by atoms with Gasteiger partial charge in [-0.05, 0) is 38.0 Å². The fraction of sp³-hybridized carbons (Fsp3) is 0.385. The topological polar surface area (TPSA) is 75.6 Å². The molecule has 1 aromatic carbocycles. The van der Waals surface area contributed by atoms with Crippen molar-refractivity contribution in [2.45, 2.75) is 25.3 Å². The molecule has 1 aromatic rings. The fourth-order valence-electron chi connectivity index (χ4n) is 1.70. The molecule has 0 aliphatic heterocycles. The molecule has 0 aromatic heterocycles. The largest absolute Gasteiger partial charge is 0.494 e. The lowest BCUT2D eigenvalue weighted by Gasteiger charge is -2.12. The molecule has 0 heterocycles. The summed E-state index contributed by atoms with van der Waals surface area (Å²) in [6.07, 6.45) is 0.971. The molecule has 1 aliphatic carbocycles. The molecule has 0 radical (unpaired) electrons. The van der Waals surface area contributed by atoms with Gasteiger partial charge in [0.15, 0.2) is 0 Å². The average molecular weight is 249 g/mol. The molecule has 1 fully saturated rings. The van der Waals surface area contributed by atoms with Crippen LogP contribution in [0.1, 0.15) is 30.1 Å². The van der Waals surface area contributed by atoms with E-state index in [1.165, 1.54) is 0 Å². The van der Waals surface area contributed by atoms with Crippen molar-refractivity contribution in [3.8, 4) is 5.75 Å². The maximum Gasteiger partial charge on any atom is 0.329 e. The molecule has 1 saturated carbocycles. The first-order valence-electron chi connectivity index (χ1n) is 5.86. The zero-order valence-electron chi connectivity index (χ0n) is 10.1. The maximum absolute atomic E-state index is 11.9. The highest BCUT2D eigenvalue weighted by Crippen LogP contribution is 2.35. The summed E-state index contributed by atoms with van der Waals surface area (Å²) >= 11 is 0. The van der Waals surface area contributed by atoms with Crippen molar-refractivity contribution in [1.82, 2.24) is 5.32 Å². The Morgan fingerprint density at radius 3 is 2.72 bits per heavy atom. The van der Waals surface area contributed by atoms with E-state index in [2.05, 4.69) is 5.32 Å². The van der Waals surface area contributed by atoms with E-state index in [0.29, 0.717) is 30.8 Å². The first-order chi connectivity index (χ1) is 8.57. The number of rotatable bonds is 5. The van der Waals surface area contributed by atoms with Crippen LogP contribution >= 0.6 is 0 Å². The van der Waals surface area contributed by atoms with E-state index >= 15 is 0 Å². The number of aliphatic carboxylic acids is 1. The number of hydrogen-bond donors (Lipinski definition) is 2. The molecule has 18 heavy (non-hydrogen) atoms. The summed E-state index contributed by atoms with van der Waals surface area (Å²) in [5.41, 5.74) is -0.646. The van der Waals surface area contributed by atoms with Crippen LogP contribution in [0.4, 0.5) is 0 Å². The number of carboxylic acid groups (broad SMARTS) is 1. The first-order valence-corrected chi connectivity index (χ1v) is 5.86. The Morgan fingerprint density at radius 2 is 2.17 bits per heavy atom. The van der Waals surface area contributed by atoms with Crippen LogP contribution in [0.5, 0.6) is 5.75 Å². The van der Waals surface area contributed by atoms with Crippen LogP contribution in [0.15, 0.2) is 24.3 Å². The molecular formula is C13H15NO4. The number of amides is 1. The fourth-order valence-corrected chi connectivity index (χ4v) is 1.70. The predicted molar refractivity (Wildman–Crippen MR) is 64.7 cm³/mol. The second kappa shape index (κ2) is 4.68. The molecule has 0 spiro atoms. The smallest absolute Gasteiger partial charge is 0.329 e. The van der Waals surface area contributed by atoms with Gasteiger partial charge in [-0.2, -0.15) is 0 Å². The van der Waals surface area contributed by atoms with E-state index in [-0.39, 0.29) is 5.91 Å². The van der Waals surface area contributed by atoms with Gasteiger partial charge in [0, 0.05) is 5.56 Å². The molecule has 2 rings (SSSR count). The van der Waals surface area contributed by atoms with Crippen molar-refractivity contribution in [2.24, 2.45) is 0 Å². The molecule has 1 aliphatic rings. The highest BCUT2D eigenvalue weighted by molar-refractivity contribution is 5.99. The average Bonchev–Trinajstić information content (AvgIpc) is 3.11. The molecule has 0 saturated heterocycles. The predicted octanol–water partition coefficient (Wildman–Crippen LogP) is 1.43. The van der Waals surface area contributed by atoms with E-state index in [9.17, 15) is 9.59 Å². The molecule has 0 unspecified atom stereocenters. The zero-order valence-corrected chi connectivity index (χ0v) is 10.1. The molecule has 0 atom stereocenters. The van der Waals surface area contributed by atoms with E-state index < -0.39 is 11.5 Å². The van der Waals surface area contributed by atoms with Crippen molar-refractivity contribution < 1.29 is 19.4 Å². The van der Waals surface area contributed by atoms with E-state index in [1.807, 2.05) is 6.92 Å². The number of nitrogens with one attached hydrogen (secondary N) is 1. The lowest BCUT2D eigenvalue weighted by Crippen LogP contribution is -2.43. The highest BCUT2D eigenvalue weighted by atomic mass is 16.5. The highest BCUT2D eigenvalue weighted by Gasteiger charge is 2.51. The normalized spacial score (nSPS) is 15.8. The van der Waals surface area contributed by atoms with Gasteiger partial charge in [0.25, 0.3) is 5.91 Å². The lowest BCUT2D eigenvalue weighted by molar-refractivity contribution is -0.140. The van der Waals surface area contributed by atoms with Crippen LogP contribution in [0, 0.1) is 0 Å². The Labute approximate surface area is 105 Å². The molecule has 5 heteroatoms. The van der Waals surface area contributed by atoms with Gasteiger partial charge in [0.2, 0.25) is 0 Å². The van der Waals surface area contributed by atoms with Crippen molar-refractivity contribution in [1.29, 1.82) is 0 Å². The summed E-state index contributed by atoms with van der Waals surface area (Å²) < 4.78 is 5.29. The standard InChI is InChI=1S/C13H15NO4/c1-2-18-10-5-3-4-9(8-10)11(15)14-13(6-7-13)12(16)17/h3-5,8H,2,6-7H2,1H3,(H,14,15)(H,16,17). The Balaban J connectivity index is 2.09. The minimum atomic E-state index is -1.06. The van der Waals surface area contributed by atoms with E-state index in [1.54, 1.807) is 24.3 Å². The third-order valence-electron chi connectivity index (χ3n) is 2.92. The van der Waals surface area contributed by atoms with Crippen molar-refractivity contribution in [2.75, 3.05) is 6.61 Å². The van der Waals surface area contributed by atoms with Gasteiger partial charge in [-0.1, -0.05) is 6.07 Å². The maximum atomic E-state index is 11.9. The van der Waals surface area contributed by atoms with Crippen LogP contribution in [0.2, 0.25) is 0 Å². The first kappa shape index (κ1) is 12.4. The number of ether oxygens (including phenoxy) is 1. The van der Waals surface area contributed by atoms with Crippen molar-refractivity contribution in [3.63, 3.8) is 0 Å². The van der Waals surface area contributed by atoms with Gasteiger partial charge in [0.05, 0.1) is 6.61 Å². The number of carbonyl (C=O) groups excluding carboxylic acids is 1. The summed E-state index contributed by atoms with van der Waals surface area (Å²) in [5.74, 6) is -0.751. The summed E-state index contributed by atoms with van der Waals surface area (Å²) in [5, 5.41) is 11.6. The van der Waals surface area contributed by atoms with Crippen LogP contribution in [0.3, 0.4) is 0 Å². The second-order valence-electron chi connectivity index (χ2n) is 4.30. The Hall–Kier alpha value is -2.04. The molecule has 2 N–H and O–H groups in total. The van der Waals surface area contributed by atoms with Gasteiger partial charge in [0.1, 0.15) is 11.3 Å². The van der Waals surface area contributed by atoms with Crippen LogP contribution in [-0.4, -0.2) is 29.1 Å². The van der Waals surface area contributed by atoms with Gasteiger partial charge < -0.3 is 15.2 Å². The van der Waals surface area contributed by atoms with Crippen LogP contribution in [-0.2, 0) is 4.79 Å². The Bertz CT molecular complexity index is 480. The van der Waals surface area contributed by atoms with Crippen molar-refractivity contribution >= 4 is 11.9 Å². The van der Waals surface area contributed by atoms with Crippen molar-refractivity contribution in [3.05, 3.63) is 29.8 Å². The second-order valence-corrected chi connectivity index (χ2v) is 4.30. The monoisotopic (exact) mass is 249 g/mol. The van der Waals surface area contributed by atoms with Gasteiger partial charge in [-0.15, -0.1) is 0 Å². The van der Waals surface area contributed by atoms with Crippen LogP contribution in [0.25, 0.3) is 0 Å². The van der Waals surface area contributed by atoms with Crippen LogP contribution < -0.4 is 10.1 Å². The third kappa shape index (κ3) is 2.45. The number of carboxylic acids is 1. The van der Waals surface area contributed by atoms with Gasteiger partial charge in [-0.3, -0.25) is 4.79 Å². The summed E-state index contributed by atoms with van der Waals surface area (Å²) in [7, 11) is 0. The lowest BCUT2D eigenvalue weighted by atomic mass is 10.1. The van der Waals surface area contributed by atoms with Gasteiger partial charge >= 0.3 is 5.97 Å². The van der Waals surface area contributed by atoms with E-state index in [0.717, 1.165) is 0 Å². The summed E-state index contributed by atoms with van der Waals surface area (Å²) in [6.45, 7) is 2.38. The molecule has 96 valence electrons. The minimum Gasteiger partial charge on any atom is -0.494 e. The molecule has 5 nitrogen and oxygen atoms in total. The molecule has 0 bridgehead atoms. The summed E-state index contributed by atoms with van der Waals surface area (Å²) in [4.78, 5) is 22.9. The minimum absolute atomic E-state index is 0.378. The Kier molecular flexibility index (Phi) is 3.23. The van der Waals surface area contributed by atoms with Gasteiger partial charge in [-0.25, -0.2) is 4.79 Å². The molecule has 1 amide bonds. The molecular weight excluding hydrogens is 234 g/mol. The SMILES string of the molecule is CCOc1cccc(C(=O)NC2(C(=O)O)CC2)c1. The number of carbonyl (C=O) groups is 2. The summed E-state index contributed by atoms with van der Waals surface area (Å²) in [6, 6.07) is 6.71.